The minimum absolute atomic E-state index is 0.436. The molecule has 0 aliphatic heterocycles. The highest BCUT2D eigenvalue weighted by molar-refractivity contribution is 6.35. The SMILES string of the molecule is CN(C)c1ccc2c(CC=CC(=O)O)nn(Cc3ccc(Cl)cc3Cl)c2c1. The Labute approximate surface area is 167 Å². The third-order valence-corrected chi connectivity index (χ3v) is 4.82. The van der Waals surface area contributed by atoms with Gasteiger partial charge in [-0.05, 0) is 35.9 Å². The molecule has 2 aromatic carbocycles. The number of rotatable bonds is 6. The molecule has 0 fully saturated rings. The lowest BCUT2D eigenvalue weighted by Gasteiger charge is -2.13. The summed E-state index contributed by atoms with van der Waals surface area (Å²) >= 11 is 12.3. The Kier molecular flexibility index (Phi) is 5.73. The van der Waals surface area contributed by atoms with Crippen LogP contribution < -0.4 is 4.90 Å². The number of fused-ring (bicyclic) bond motifs is 1. The van der Waals surface area contributed by atoms with Gasteiger partial charge in [0.1, 0.15) is 0 Å². The van der Waals surface area contributed by atoms with Crippen molar-refractivity contribution in [2.75, 3.05) is 19.0 Å². The first-order valence-corrected chi connectivity index (χ1v) is 9.11. The van der Waals surface area contributed by atoms with Gasteiger partial charge >= 0.3 is 5.97 Å². The molecule has 0 aliphatic rings. The van der Waals surface area contributed by atoms with Gasteiger partial charge in [0.2, 0.25) is 0 Å². The summed E-state index contributed by atoms with van der Waals surface area (Å²) in [7, 11) is 3.96. The molecule has 140 valence electrons. The van der Waals surface area contributed by atoms with Gasteiger partial charge in [0.05, 0.1) is 17.8 Å². The number of aliphatic carboxylic acids is 1. The zero-order valence-corrected chi connectivity index (χ0v) is 16.5. The number of carbonyl (C=O) groups is 1. The summed E-state index contributed by atoms with van der Waals surface area (Å²) in [5, 5.41) is 15.7. The van der Waals surface area contributed by atoms with Crippen LogP contribution in [0, 0.1) is 0 Å². The summed E-state index contributed by atoms with van der Waals surface area (Å²) in [5.41, 5.74) is 3.75. The van der Waals surface area contributed by atoms with Crippen LogP contribution in [-0.4, -0.2) is 35.0 Å². The van der Waals surface area contributed by atoms with Gasteiger partial charge < -0.3 is 10.0 Å². The van der Waals surface area contributed by atoms with E-state index >= 15 is 0 Å². The molecule has 1 N–H and O–H groups in total. The van der Waals surface area contributed by atoms with E-state index in [1.807, 2.05) is 41.9 Å². The topological polar surface area (TPSA) is 58.4 Å². The van der Waals surface area contributed by atoms with Gasteiger partial charge in [-0.3, -0.25) is 4.68 Å². The number of nitrogens with zero attached hydrogens (tertiary/aromatic N) is 3. The number of hydrogen-bond donors (Lipinski definition) is 1. The van der Waals surface area contributed by atoms with Crippen LogP contribution in [0.3, 0.4) is 0 Å². The maximum atomic E-state index is 10.7. The van der Waals surface area contributed by atoms with E-state index in [1.54, 1.807) is 18.2 Å². The predicted octanol–water partition coefficient (Wildman–Crippen LogP) is 4.64. The maximum absolute atomic E-state index is 10.7. The average molecular weight is 404 g/mol. The van der Waals surface area contributed by atoms with E-state index < -0.39 is 5.97 Å². The van der Waals surface area contributed by atoms with E-state index in [-0.39, 0.29) is 0 Å². The van der Waals surface area contributed by atoms with Gasteiger partial charge in [0, 0.05) is 47.7 Å². The zero-order chi connectivity index (χ0) is 19.6. The summed E-state index contributed by atoms with van der Waals surface area (Å²) in [6.07, 6.45) is 3.17. The molecule has 0 unspecified atom stereocenters. The number of carboxylic acid groups (broad SMARTS) is 1. The van der Waals surface area contributed by atoms with Gasteiger partial charge in [-0.1, -0.05) is 35.3 Å². The van der Waals surface area contributed by atoms with Crippen LogP contribution in [0.15, 0.2) is 48.6 Å². The van der Waals surface area contributed by atoms with Crippen molar-refractivity contribution >= 4 is 45.8 Å². The van der Waals surface area contributed by atoms with Crippen molar-refractivity contribution in [2.45, 2.75) is 13.0 Å². The molecule has 1 heterocycles. The van der Waals surface area contributed by atoms with E-state index in [4.69, 9.17) is 33.4 Å². The van der Waals surface area contributed by atoms with Crippen molar-refractivity contribution in [3.8, 4) is 0 Å². The lowest BCUT2D eigenvalue weighted by Crippen LogP contribution is -2.09. The highest BCUT2D eigenvalue weighted by Gasteiger charge is 2.13. The van der Waals surface area contributed by atoms with Crippen molar-refractivity contribution in [1.29, 1.82) is 0 Å². The Morgan fingerprint density at radius 1 is 1.22 bits per heavy atom. The first-order valence-electron chi connectivity index (χ1n) is 8.35. The second kappa shape index (κ2) is 8.03. The third kappa shape index (κ3) is 4.43. The van der Waals surface area contributed by atoms with Gasteiger partial charge in [0.15, 0.2) is 0 Å². The van der Waals surface area contributed by atoms with Crippen LogP contribution in [0.25, 0.3) is 10.9 Å². The second-order valence-corrected chi connectivity index (χ2v) is 7.22. The number of hydrogen-bond acceptors (Lipinski definition) is 3. The monoisotopic (exact) mass is 403 g/mol. The fourth-order valence-electron chi connectivity index (χ4n) is 2.86. The van der Waals surface area contributed by atoms with Crippen LogP contribution in [0.5, 0.6) is 0 Å². The second-order valence-electron chi connectivity index (χ2n) is 6.38. The van der Waals surface area contributed by atoms with Crippen LogP contribution in [-0.2, 0) is 17.8 Å². The largest absolute Gasteiger partial charge is 0.478 e. The molecule has 0 spiro atoms. The van der Waals surface area contributed by atoms with E-state index in [0.29, 0.717) is 23.0 Å². The standard InChI is InChI=1S/C20H19Cl2N3O2/c1-24(2)15-8-9-16-18(4-3-5-20(26)27)23-25(19(16)11-15)12-13-6-7-14(21)10-17(13)22/h3,5-11H,4,12H2,1-2H3,(H,26,27). The predicted molar refractivity (Wildman–Crippen MR) is 110 cm³/mol. The summed E-state index contributed by atoms with van der Waals surface area (Å²) < 4.78 is 1.89. The molecular formula is C20H19Cl2N3O2. The Morgan fingerprint density at radius 2 is 2.00 bits per heavy atom. The summed E-state index contributed by atoms with van der Waals surface area (Å²) in [4.78, 5) is 12.8. The van der Waals surface area contributed by atoms with E-state index in [1.165, 1.54) is 0 Å². The minimum atomic E-state index is -0.971. The Morgan fingerprint density at radius 3 is 2.67 bits per heavy atom. The average Bonchev–Trinajstić information content (AvgIpc) is 2.94. The minimum Gasteiger partial charge on any atom is -0.478 e. The number of anilines is 1. The molecule has 7 heteroatoms. The summed E-state index contributed by atoms with van der Waals surface area (Å²) in [6.45, 7) is 0.492. The number of allylic oxidation sites excluding steroid dienone is 1. The molecule has 0 saturated carbocycles. The van der Waals surface area contributed by atoms with Crippen LogP contribution in [0.1, 0.15) is 11.3 Å². The van der Waals surface area contributed by atoms with Crippen molar-refractivity contribution in [3.05, 3.63) is 69.9 Å². The lowest BCUT2D eigenvalue weighted by molar-refractivity contribution is -0.131. The van der Waals surface area contributed by atoms with Gasteiger partial charge in [-0.15, -0.1) is 0 Å². The van der Waals surface area contributed by atoms with E-state index in [0.717, 1.165) is 33.9 Å². The molecule has 0 radical (unpaired) electrons. The first kappa shape index (κ1) is 19.3. The molecule has 0 aliphatic carbocycles. The molecule has 3 rings (SSSR count). The van der Waals surface area contributed by atoms with Crippen LogP contribution >= 0.6 is 23.2 Å². The molecule has 27 heavy (non-hydrogen) atoms. The highest BCUT2D eigenvalue weighted by atomic mass is 35.5. The molecule has 0 bridgehead atoms. The molecule has 0 atom stereocenters. The van der Waals surface area contributed by atoms with Crippen molar-refractivity contribution in [2.24, 2.45) is 0 Å². The maximum Gasteiger partial charge on any atom is 0.327 e. The molecule has 0 amide bonds. The van der Waals surface area contributed by atoms with Gasteiger partial charge in [0.25, 0.3) is 0 Å². The van der Waals surface area contributed by atoms with Crippen molar-refractivity contribution in [3.63, 3.8) is 0 Å². The van der Waals surface area contributed by atoms with Crippen LogP contribution in [0.4, 0.5) is 5.69 Å². The Hall–Kier alpha value is -2.50. The normalized spacial score (nSPS) is 11.4. The third-order valence-electron chi connectivity index (χ3n) is 4.23. The summed E-state index contributed by atoms with van der Waals surface area (Å²) in [6, 6.07) is 11.5. The number of halogens is 2. The lowest BCUT2D eigenvalue weighted by atomic mass is 10.1. The van der Waals surface area contributed by atoms with Gasteiger partial charge in [-0.25, -0.2) is 4.79 Å². The Balaban J connectivity index is 2.06. The molecule has 5 nitrogen and oxygen atoms in total. The quantitative estimate of drug-likeness (QED) is 0.608. The molecular weight excluding hydrogens is 385 g/mol. The van der Waals surface area contributed by atoms with E-state index in [9.17, 15) is 4.79 Å². The number of carboxylic acids is 1. The van der Waals surface area contributed by atoms with E-state index in [2.05, 4.69) is 6.07 Å². The van der Waals surface area contributed by atoms with Crippen molar-refractivity contribution in [1.82, 2.24) is 9.78 Å². The molecule has 1 aromatic heterocycles. The smallest absolute Gasteiger partial charge is 0.327 e. The van der Waals surface area contributed by atoms with Gasteiger partial charge in [-0.2, -0.15) is 5.10 Å². The highest BCUT2D eigenvalue weighted by Crippen LogP contribution is 2.27. The molecule has 3 aromatic rings. The number of benzene rings is 2. The first-order chi connectivity index (χ1) is 12.8. The Bertz CT molecular complexity index is 1030. The van der Waals surface area contributed by atoms with Crippen LogP contribution in [0.2, 0.25) is 10.0 Å². The zero-order valence-electron chi connectivity index (χ0n) is 15.0. The summed E-state index contributed by atoms with van der Waals surface area (Å²) in [5.74, 6) is -0.971. The van der Waals surface area contributed by atoms with Crippen molar-refractivity contribution < 1.29 is 9.90 Å². The fourth-order valence-corrected chi connectivity index (χ4v) is 3.33. The number of aromatic nitrogens is 2. The fraction of sp³-hybridized carbons (Fsp3) is 0.200. The molecule has 0 saturated heterocycles.